The van der Waals surface area contributed by atoms with Crippen molar-refractivity contribution in [1.82, 2.24) is 20.5 Å². The molecule has 0 radical (unpaired) electrons. The van der Waals surface area contributed by atoms with Gasteiger partial charge in [-0.2, -0.15) is 0 Å². The summed E-state index contributed by atoms with van der Waals surface area (Å²) in [6.45, 7) is 5.94. The van der Waals surface area contributed by atoms with Crippen LogP contribution in [-0.4, -0.2) is 48.5 Å². The van der Waals surface area contributed by atoms with Crippen molar-refractivity contribution in [2.75, 3.05) is 32.7 Å². The third-order valence-electron chi connectivity index (χ3n) is 4.10. The molecule has 3 rings (SSSR count). The number of aryl methyl sites for hydroxylation is 1. The van der Waals surface area contributed by atoms with Crippen molar-refractivity contribution < 1.29 is 4.79 Å². The summed E-state index contributed by atoms with van der Waals surface area (Å²) in [5, 5.41) is 7.04. The zero-order valence-electron chi connectivity index (χ0n) is 13.3. The van der Waals surface area contributed by atoms with E-state index < -0.39 is 0 Å². The van der Waals surface area contributed by atoms with E-state index in [2.05, 4.69) is 15.6 Å². The van der Waals surface area contributed by atoms with Crippen molar-refractivity contribution >= 4 is 16.8 Å². The Balaban J connectivity index is 1.62. The molecule has 0 saturated carbocycles. The number of carbonyl (C=O) groups is 1. The molecule has 122 valence electrons. The standard InChI is InChI=1S/C17H22N4O2/c1-12-2-3-15-14(8-12)16(22)9-13(20-15)10-19-11-17(23)21-6-4-18-5-7-21/h2-3,8-9,18-19H,4-7,10-11H2,1H3,(H,20,22). The molecule has 1 aromatic carbocycles. The van der Waals surface area contributed by atoms with Gasteiger partial charge in [0.15, 0.2) is 5.43 Å². The highest BCUT2D eigenvalue weighted by atomic mass is 16.2. The SMILES string of the molecule is Cc1ccc2[nH]c(CNCC(=O)N3CCNCC3)cc(=O)c2c1. The van der Waals surface area contributed by atoms with Gasteiger partial charge in [0.1, 0.15) is 0 Å². The second-order valence-electron chi connectivity index (χ2n) is 5.94. The van der Waals surface area contributed by atoms with Crippen molar-refractivity contribution in [3.8, 4) is 0 Å². The molecule has 0 bridgehead atoms. The molecular weight excluding hydrogens is 292 g/mol. The normalized spacial score (nSPS) is 15.1. The minimum atomic E-state index is 0.00711. The van der Waals surface area contributed by atoms with Crippen LogP contribution in [0.3, 0.4) is 0 Å². The Morgan fingerprint density at radius 1 is 1.26 bits per heavy atom. The lowest BCUT2D eigenvalue weighted by Gasteiger charge is -2.27. The minimum absolute atomic E-state index is 0.00711. The van der Waals surface area contributed by atoms with Crippen LogP contribution in [0, 0.1) is 6.92 Å². The van der Waals surface area contributed by atoms with Gasteiger partial charge >= 0.3 is 0 Å². The maximum absolute atomic E-state index is 12.2. The van der Waals surface area contributed by atoms with Crippen LogP contribution in [0.15, 0.2) is 29.1 Å². The number of rotatable bonds is 4. The molecule has 0 spiro atoms. The third-order valence-corrected chi connectivity index (χ3v) is 4.10. The molecule has 0 unspecified atom stereocenters. The number of hydrogen-bond acceptors (Lipinski definition) is 4. The van der Waals surface area contributed by atoms with E-state index in [0.29, 0.717) is 11.9 Å². The van der Waals surface area contributed by atoms with Crippen LogP contribution in [0.1, 0.15) is 11.3 Å². The Kier molecular flexibility index (Phi) is 4.73. The van der Waals surface area contributed by atoms with Gasteiger partial charge in [-0.25, -0.2) is 0 Å². The summed E-state index contributed by atoms with van der Waals surface area (Å²) in [4.78, 5) is 29.3. The third kappa shape index (κ3) is 3.78. The van der Waals surface area contributed by atoms with E-state index in [1.165, 1.54) is 0 Å². The number of carbonyl (C=O) groups excluding carboxylic acids is 1. The van der Waals surface area contributed by atoms with E-state index in [1.807, 2.05) is 30.0 Å². The largest absolute Gasteiger partial charge is 0.357 e. The molecule has 1 aliphatic rings. The van der Waals surface area contributed by atoms with Crippen molar-refractivity contribution in [1.29, 1.82) is 0 Å². The first-order valence-corrected chi connectivity index (χ1v) is 7.95. The van der Waals surface area contributed by atoms with Gasteiger partial charge in [0.2, 0.25) is 5.91 Å². The first-order chi connectivity index (χ1) is 11.1. The number of aromatic amines is 1. The number of piperazine rings is 1. The van der Waals surface area contributed by atoms with Gasteiger partial charge in [-0.3, -0.25) is 9.59 Å². The first kappa shape index (κ1) is 15.7. The van der Waals surface area contributed by atoms with E-state index in [9.17, 15) is 9.59 Å². The smallest absolute Gasteiger partial charge is 0.236 e. The molecule has 0 atom stereocenters. The number of nitrogens with one attached hydrogen (secondary N) is 3. The number of benzene rings is 1. The number of hydrogen-bond donors (Lipinski definition) is 3. The second kappa shape index (κ2) is 6.93. The monoisotopic (exact) mass is 314 g/mol. The molecule has 1 aromatic heterocycles. The number of H-pyrrole nitrogens is 1. The van der Waals surface area contributed by atoms with Crippen molar-refractivity contribution in [2.45, 2.75) is 13.5 Å². The molecule has 1 aliphatic heterocycles. The average molecular weight is 314 g/mol. The maximum atomic E-state index is 12.2. The highest BCUT2D eigenvalue weighted by Crippen LogP contribution is 2.10. The van der Waals surface area contributed by atoms with E-state index in [-0.39, 0.29) is 17.9 Å². The molecule has 6 heteroatoms. The van der Waals surface area contributed by atoms with Gasteiger partial charge in [-0.05, 0) is 19.1 Å². The van der Waals surface area contributed by atoms with Gasteiger partial charge in [-0.15, -0.1) is 0 Å². The summed E-state index contributed by atoms with van der Waals surface area (Å²) >= 11 is 0. The van der Waals surface area contributed by atoms with Crippen LogP contribution in [-0.2, 0) is 11.3 Å². The summed E-state index contributed by atoms with van der Waals surface area (Å²) in [5.74, 6) is 0.102. The molecule has 1 amide bonds. The minimum Gasteiger partial charge on any atom is -0.357 e. The van der Waals surface area contributed by atoms with Crippen LogP contribution in [0.25, 0.3) is 10.9 Å². The number of aromatic nitrogens is 1. The van der Waals surface area contributed by atoms with Crippen LogP contribution < -0.4 is 16.1 Å². The molecular formula is C17H22N4O2. The summed E-state index contributed by atoms with van der Waals surface area (Å²) in [7, 11) is 0. The number of amides is 1. The molecule has 1 saturated heterocycles. The molecule has 0 aliphatic carbocycles. The quantitative estimate of drug-likeness (QED) is 0.761. The topological polar surface area (TPSA) is 77.2 Å². The Labute approximate surface area is 134 Å². The lowest BCUT2D eigenvalue weighted by molar-refractivity contribution is -0.130. The Morgan fingerprint density at radius 2 is 2.04 bits per heavy atom. The Bertz CT molecular complexity index is 763. The molecule has 2 heterocycles. The van der Waals surface area contributed by atoms with Crippen LogP contribution in [0.4, 0.5) is 0 Å². The van der Waals surface area contributed by atoms with Crippen molar-refractivity contribution in [2.24, 2.45) is 0 Å². The van der Waals surface area contributed by atoms with E-state index in [1.54, 1.807) is 6.07 Å². The van der Waals surface area contributed by atoms with Gasteiger partial charge in [0, 0.05) is 55.4 Å². The van der Waals surface area contributed by atoms with Gasteiger partial charge in [0.25, 0.3) is 0 Å². The molecule has 23 heavy (non-hydrogen) atoms. The molecule has 6 nitrogen and oxygen atoms in total. The van der Waals surface area contributed by atoms with E-state index in [4.69, 9.17) is 0 Å². The zero-order valence-corrected chi connectivity index (χ0v) is 13.3. The highest BCUT2D eigenvalue weighted by Gasteiger charge is 2.15. The fourth-order valence-electron chi connectivity index (χ4n) is 2.84. The van der Waals surface area contributed by atoms with E-state index >= 15 is 0 Å². The fraction of sp³-hybridized carbons (Fsp3) is 0.412. The van der Waals surface area contributed by atoms with Gasteiger partial charge in [-0.1, -0.05) is 11.6 Å². The molecule has 2 aromatic rings. The summed E-state index contributed by atoms with van der Waals surface area (Å²) in [6.07, 6.45) is 0. The van der Waals surface area contributed by atoms with Gasteiger partial charge in [0.05, 0.1) is 6.54 Å². The zero-order chi connectivity index (χ0) is 16.2. The molecule has 3 N–H and O–H groups in total. The van der Waals surface area contributed by atoms with Gasteiger partial charge < -0.3 is 20.5 Å². The predicted octanol–water partition coefficient (Wildman–Crippen LogP) is 0.358. The first-order valence-electron chi connectivity index (χ1n) is 7.95. The van der Waals surface area contributed by atoms with Crippen molar-refractivity contribution in [3.63, 3.8) is 0 Å². The number of pyridine rings is 1. The highest BCUT2D eigenvalue weighted by molar-refractivity contribution is 5.79. The number of nitrogens with zero attached hydrogens (tertiary/aromatic N) is 1. The summed E-state index contributed by atoms with van der Waals surface area (Å²) in [6, 6.07) is 7.38. The van der Waals surface area contributed by atoms with Crippen LogP contribution >= 0.6 is 0 Å². The maximum Gasteiger partial charge on any atom is 0.236 e. The number of fused-ring (bicyclic) bond motifs is 1. The average Bonchev–Trinajstić information content (AvgIpc) is 2.56. The lowest BCUT2D eigenvalue weighted by atomic mass is 10.1. The Morgan fingerprint density at radius 3 is 2.83 bits per heavy atom. The molecule has 1 fully saturated rings. The predicted molar refractivity (Wildman–Crippen MR) is 90.5 cm³/mol. The fourth-order valence-corrected chi connectivity index (χ4v) is 2.84. The van der Waals surface area contributed by atoms with E-state index in [0.717, 1.165) is 43.0 Å². The second-order valence-corrected chi connectivity index (χ2v) is 5.94. The Hall–Kier alpha value is -2.18. The van der Waals surface area contributed by atoms with Crippen LogP contribution in [0.2, 0.25) is 0 Å². The van der Waals surface area contributed by atoms with Crippen LogP contribution in [0.5, 0.6) is 0 Å². The summed E-state index contributed by atoms with van der Waals surface area (Å²) in [5.41, 5.74) is 2.69. The van der Waals surface area contributed by atoms with Crippen molar-refractivity contribution in [3.05, 3.63) is 45.7 Å². The lowest BCUT2D eigenvalue weighted by Crippen LogP contribution is -2.48. The summed E-state index contributed by atoms with van der Waals surface area (Å²) < 4.78 is 0.